The molecule has 0 saturated heterocycles. The van der Waals surface area contributed by atoms with Gasteiger partial charge in [-0.2, -0.15) is 0 Å². The SMILES string of the molecule is O=C(CCl)C(Cl)(Cl)Br. The molecule has 8 heavy (non-hydrogen) atoms. The molecule has 0 fully saturated rings. The maximum absolute atomic E-state index is 10.4. The van der Waals surface area contributed by atoms with E-state index in [1.54, 1.807) is 0 Å². The third-order valence-electron chi connectivity index (χ3n) is 0.438. The predicted molar refractivity (Wildman–Crippen MR) is 39.1 cm³/mol. The van der Waals surface area contributed by atoms with Crippen LogP contribution in [0.1, 0.15) is 0 Å². The van der Waals surface area contributed by atoms with Crippen molar-refractivity contribution in [2.45, 2.75) is 3.24 Å². The topological polar surface area (TPSA) is 17.1 Å². The summed E-state index contributed by atoms with van der Waals surface area (Å²) in [6, 6.07) is 0. The Labute approximate surface area is 70.4 Å². The lowest BCUT2D eigenvalue weighted by atomic mass is 10.5. The van der Waals surface area contributed by atoms with Crippen LogP contribution in [0.4, 0.5) is 0 Å². The fourth-order valence-electron chi connectivity index (χ4n) is 0.0758. The highest BCUT2D eigenvalue weighted by Gasteiger charge is 2.27. The predicted octanol–water partition coefficient (Wildman–Crippen LogP) is 2.32. The molecule has 48 valence electrons. The van der Waals surface area contributed by atoms with Crippen LogP contribution in [-0.4, -0.2) is 14.9 Å². The van der Waals surface area contributed by atoms with E-state index in [1.807, 2.05) is 0 Å². The van der Waals surface area contributed by atoms with Crippen molar-refractivity contribution in [2.75, 3.05) is 5.88 Å². The molecule has 0 radical (unpaired) electrons. The van der Waals surface area contributed by atoms with Gasteiger partial charge in [-0.25, -0.2) is 0 Å². The largest absolute Gasteiger partial charge is 0.294 e. The van der Waals surface area contributed by atoms with Crippen LogP contribution in [0.25, 0.3) is 0 Å². The number of ketones is 1. The number of hydrogen-bond donors (Lipinski definition) is 0. The molecule has 0 saturated carbocycles. The summed E-state index contributed by atoms with van der Waals surface area (Å²) in [7, 11) is 0. The summed E-state index contributed by atoms with van der Waals surface area (Å²) in [4.78, 5) is 10.4. The van der Waals surface area contributed by atoms with E-state index in [0.29, 0.717) is 0 Å². The highest BCUT2D eigenvalue weighted by molar-refractivity contribution is 9.11. The van der Waals surface area contributed by atoms with Crippen LogP contribution in [0.2, 0.25) is 0 Å². The summed E-state index contributed by atoms with van der Waals surface area (Å²) in [5, 5.41) is 0. The monoisotopic (exact) mass is 238 g/mol. The Morgan fingerprint density at radius 2 is 2.00 bits per heavy atom. The molecule has 0 heterocycles. The minimum absolute atomic E-state index is 0.182. The first kappa shape index (κ1) is 9.02. The molecule has 1 nitrogen and oxygen atoms in total. The van der Waals surface area contributed by atoms with E-state index in [9.17, 15) is 4.79 Å². The Morgan fingerprint density at radius 3 is 2.00 bits per heavy atom. The van der Waals surface area contributed by atoms with E-state index < -0.39 is 9.03 Å². The van der Waals surface area contributed by atoms with Crippen LogP contribution < -0.4 is 0 Å². The summed E-state index contributed by atoms with van der Waals surface area (Å²) >= 11 is 18.3. The van der Waals surface area contributed by atoms with Crippen molar-refractivity contribution in [1.29, 1.82) is 0 Å². The van der Waals surface area contributed by atoms with Gasteiger partial charge in [-0.15, -0.1) is 11.6 Å². The Morgan fingerprint density at radius 1 is 1.62 bits per heavy atom. The molecule has 0 unspecified atom stereocenters. The highest BCUT2D eigenvalue weighted by Crippen LogP contribution is 2.29. The fraction of sp³-hybridized carbons (Fsp3) is 0.667. The molecule has 0 aromatic heterocycles. The van der Waals surface area contributed by atoms with Gasteiger partial charge in [0.2, 0.25) is 3.24 Å². The molecular weight excluding hydrogens is 238 g/mol. The number of rotatable bonds is 2. The van der Waals surface area contributed by atoms with Gasteiger partial charge >= 0.3 is 0 Å². The smallest absolute Gasteiger partial charge is 0.230 e. The van der Waals surface area contributed by atoms with Gasteiger partial charge in [0.05, 0.1) is 5.88 Å². The van der Waals surface area contributed by atoms with Crippen LogP contribution in [0.5, 0.6) is 0 Å². The van der Waals surface area contributed by atoms with Crippen molar-refractivity contribution in [3.05, 3.63) is 0 Å². The summed E-state index contributed by atoms with van der Waals surface area (Å²) in [5.41, 5.74) is 0. The minimum atomic E-state index is -1.51. The highest BCUT2D eigenvalue weighted by atomic mass is 79.9. The molecule has 0 bridgehead atoms. The molecular formula is C3H2BrCl3O. The van der Waals surface area contributed by atoms with Gasteiger partial charge in [-0.05, 0) is 15.9 Å². The normalized spacial score (nSPS) is 11.5. The quantitative estimate of drug-likeness (QED) is 0.677. The number of hydrogen-bond acceptors (Lipinski definition) is 1. The van der Waals surface area contributed by atoms with Crippen molar-refractivity contribution in [2.24, 2.45) is 0 Å². The van der Waals surface area contributed by atoms with Gasteiger partial charge in [0, 0.05) is 0 Å². The lowest BCUT2D eigenvalue weighted by molar-refractivity contribution is -0.115. The van der Waals surface area contributed by atoms with Crippen molar-refractivity contribution in [1.82, 2.24) is 0 Å². The van der Waals surface area contributed by atoms with Crippen LogP contribution in [-0.2, 0) is 4.79 Å². The van der Waals surface area contributed by atoms with Gasteiger partial charge in [0.25, 0.3) is 0 Å². The Balaban J connectivity index is 3.82. The first-order valence-corrected chi connectivity index (χ1v) is 3.73. The number of carbonyl (C=O) groups excluding carboxylic acids is 1. The van der Waals surface area contributed by atoms with Crippen LogP contribution in [0.15, 0.2) is 0 Å². The molecule has 0 aliphatic carbocycles. The van der Waals surface area contributed by atoms with E-state index in [-0.39, 0.29) is 5.88 Å². The lowest BCUT2D eigenvalue weighted by Gasteiger charge is -2.04. The fourth-order valence-corrected chi connectivity index (χ4v) is 0.848. The standard InChI is InChI=1S/C3H2BrCl3O/c4-3(6,7)2(8)1-5/h1H2. The Bertz CT molecular complexity index is 97.2. The molecule has 5 heteroatoms. The van der Waals surface area contributed by atoms with Crippen molar-refractivity contribution < 1.29 is 4.79 Å². The van der Waals surface area contributed by atoms with Crippen molar-refractivity contribution >= 4 is 56.5 Å². The Kier molecular flexibility index (Phi) is 3.67. The zero-order valence-electron chi connectivity index (χ0n) is 3.63. The van der Waals surface area contributed by atoms with Crippen LogP contribution >= 0.6 is 50.7 Å². The summed E-state index contributed by atoms with van der Waals surface area (Å²) in [6.45, 7) is 0. The molecule has 0 atom stereocenters. The number of carbonyl (C=O) groups is 1. The zero-order chi connectivity index (χ0) is 6.78. The van der Waals surface area contributed by atoms with Gasteiger partial charge in [0.15, 0.2) is 5.78 Å². The molecule has 0 aliphatic rings. The minimum Gasteiger partial charge on any atom is -0.294 e. The van der Waals surface area contributed by atoms with E-state index in [1.165, 1.54) is 0 Å². The van der Waals surface area contributed by atoms with E-state index in [0.717, 1.165) is 0 Å². The second-order valence-electron chi connectivity index (χ2n) is 1.05. The molecule has 0 rings (SSSR count). The van der Waals surface area contributed by atoms with Gasteiger partial charge < -0.3 is 0 Å². The molecule has 0 aromatic rings. The first-order chi connectivity index (χ1) is 3.48. The van der Waals surface area contributed by atoms with Gasteiger partial charge in [-0.3, -0.25) is 4.79 Å². The first-order valence-electron chi connectivity index (χ1n) is 1.64. The summed E-state index contributed by atoms with van der Waals surface area (Å²) in [5.74, 6) is -0.638. The van der Waals surface area contributed by atoms with Gasteiger partial charge in [0.1, 0.15) is 0 Å². The number of halogens is 4. The zero-order valence-corrected chi connectivity index (χ0v) is 7.48. The van der Waals surface area contributed by atoms with Crippen LogP contribution in [0.3, 0.4) is 0 Å². The second-order valence-corrected chi connectivity index (χ2v) is 4.75. The average molecular weight is 240 g/mol. The molecule has 0 spiro atoms. The van der Waals surface area contributed by atoms with E-state index in [2.05, 4.69) is 15.9 Å². The summed E-state index contributed by atoms with van der Waals surface area (Å²) in [6.07, 6.45) is 0. The van der Waals surface area contributed by atoms with E-state index >= 15 is 0 Å². The average Bonchev–Trinajstić information content (AvgIpc) is 1.62. The number of Topliss-reactive ketones (excluding diaryl/α,β-unsaturated/α-hetero) is 1. The molecule has 0 N–H and O–H groups in total. The molecule has 0 amide bonds. The summed E-state index contributed by atoms with van der Waals surface area (Å²) < 4.78 is -1.51. The van der Waals surface area contributed by atoms with Crippen molar-refractivity contribution in [3.63, 3.8) is 0 Å². The van der Waals surface area contributed by atoms with Crippen LogP contribution in [0, 0.1) is 0 Å². The van der Waals surface area contributed by atoms with E-state index in [4.69, 9.17) is 34.8 Å². The molecule has 0 aliphatic heterocycles. The third-order valence-corrected chi connectivity index (χ3v) is 1.54. The maximum atomic E-state index is 10.4. The second kappa shape index (κ2) is 3.25. The van der Waals surface area contributed by atoms with Crippen molar-refractivity contribution in [3.8, 4) is 0 Å². The Hall–Kier alpha value is 1.02. The third kappa shape index (κ3) is 3.13. The maximum Gasteiger partial charge on any atom is 0.230 e. The number of alkyl halides is 4. The van der Waals surface area contributed by atoms with Gasteiger partial charge in [-0.1, -0.05) is 23.2 Å². The lowest BCUT2D eigenvalue weighted by Crippen LogP contribution is -2.18. The molecule has 0 aromatic carbocycles.